The largest absolute Gasteiger partial charge is 0.352 e. The number of carbonyl (C=O) groups excluding carboxylic acids is 1. The Labute approximate surface area is 140 Å². The van der Waals surface area contributed by atoms with E-state index in [2.05, 4.69) is 20.8 Å². The predicted molar refractivity (Wildman–Crippen MR) is 88.2 cm³/mol. The maximum absolute atomic E-state index is 12.3. The van der Waals surface area contributed by atoms with E-state index in [1.165, 1.54) is 22.4 Å². The average molecular weight is 352 g/mol. The summed E-state index contributed by atoms with van der Waals surface area (Å²) in [6.07, 6.45) is 1.94. The van der Waals surface area contributed by atoms with E-state index in [1.807, 2.05) is 0 Å². The Morgan fingerprint density at radius 1 is 1.33 bits per heavy atom. The molecule has 24 heavy (non-hydrogen) atoms. The standard InChI is InChI=1S/C14H20N6O3S/c1-3-24(22,23)19(2)10-6-9-15-14(21)12-7-4-5-8-13(12)20-11-16-17-18-20/h4-5,7-8,11H,3,6,9-10H2,1-2H3,(H,15,21). The monoisotopic (exact) mass is 352 g/mol. The Kier molecular flexibility index (Phi) is 5.99. The van der Waals surface area contributed by atoms with Gasteiger partial charge >= 0.3 is 0 Å². The molecule has 0 aliphatic carbocycles. The van der Waals surface area contributed by atoms with Crippen molar-refractivity contribution >= 4 is 15.9 Å². The predicted octanol–water partition coefficient (Wildman–Crippen LogP) is 0.0637. The zero-order chi connectivity index (χ0) is 17.6. The van der Waals surface area contributed by atoms with Gasteiger partial charge in [0.05, 0.1) is 17.0 Å². The van der Waals surface area contributed by atoms with E-state index in [9.17, 15) is 13.2 Å². The third-order valence-electron chi connectivity index (χ3n) is 3.52. The second-order valence-corrected chi connectivity index (χ2v) is 7.47. The summed E-state index contributed by atoms with van der Waals surface area (Å²) in [5.74, 6) is -0.197. The van der Waals surface area contributed by atoms with Gasteiger partial charge in [-0.1, -0.05) is 12.1 Å². The lowest BCUT2D eigenvalue weighted by Crippen LogP contribution is -2.32. The quantitative estimate of drug-likeness (QED) is 0.673. The fourth-order valence-corrected chi connectivity index (χ4v) is 2.94. The maximum atomic E-state index is 12.3. The minimum absolute atomic E-state index is 0.0647. The topological polar surface area (TPSA) is 110 Å². The van der Waals surface area contributed by atoms with Crippen LogP contribution >= 0.6 is 0 Å². The molecule has 9 nitrogen and oxygen atoms in total. The van der Waals surface area contributed by atoms with Gasteiger partial charge in [0.15, 0.2) is 0 Å². The zero-order valence-corrected chi connectivity index (χ0v) is 14.4. The molecule has 0 aliphatic rings. The Balaban J connectivity index is 1.93. The van der Waals surface area contributed by atoms with Crippen molar-refractivity contribution in [3.63, 3.8) is 0 Å². The normalized spacial score (nSPS) is 11.6. The molecule has 2 aromatic rings. The summed E-state index contributed by atoms with van der Waals surface area (Å²) in [5.41, 5.74) is 1.02. The Bertz CT molecular complexity index is 776. The smallest absolute Gasteiger partial charge is 0.253 e. The molecule has 0 saturated carbocycles. The summed E-state index contributed by atoms with van der Waals surface area (Å²) in [6.45, 7) is 2.32. The molecule has 130 valence electrons. The van der Waals surface area contributed by atoms with E-state index in [1.54, 1.807) is 31.2 Å². The molecular weight excluding hydrogens is 332 g/mol. The van der Waals surface area contributed by atoms with Gasteiger partial charge in [-0.2, -0.15) is 4.68 Å². The molecular formula is C14H20N6O3S. The highest BCUT2D eigenvalue weighted by atomic mass is 32.2. The van der Waals surface area contributed by atoms with E-state index in [-0.39, 0.29) is 11.7 Å². The first-order valence-corrected chi connectivity index (χ1v) is 9.11. The number of nitrogens with one attached hydrogen (secondary N) is 1. The van der Waals surface area contributed by atoms with Crippen LogP contribution in [0.25, 0.3) is 5.69 Å². The third kappa shape index (κ3) is 4.36. The number of amides is 1. The van der Waals surface area contributed by atoms with Gasteiger partial charge < -0.3 is 5.32 Å². The highest BCUT2D eigenvalue weighted by molar-refractivity contribution is 7.89. The van der Waals surface area contributed by atoms with Crippen molar-refractivity contribution in [3.05, 3.63) is 36.2 Å². The fourth-order valence-electron chi connectivity index (χ4n) is 2.10. The van der Waals surface area contributed by atoms with E-state index in [0.29, 0.717) is 30.8 Å². The second kappa shape index (κ2) is 7.97. The number of hydrogen-bond acceptors (Lipinski definition) is 6. The number of para-hydroxylation sites is 1. The second-order valence-electron chi connectivity index (χ2n) is 5.10. The van der Waals surface area contributed by atoms with Gasteiger partial charge in [0.25, 0.3) is 5.91 Å². The van der Waals surface area contributed by atoms with Crippen LogP contribution in [0.2, 0.25) is 0 Å². The molecule has 10 heteroatoms. The van der Waals surface area contributed by atoms with Gasteiger partial charge in [-0.05, 0) is 35.9 Å². The molecule has 2 rings (SSSR count). The first-order chi connectivity index (χ1) is 11.5. The molecule has 0 aliphatic heterocycles. The van der Waals surface area contributed by atoms with Crippen molar-refractivity contribution < 1.29 is 13.2 Å². The number of nitrogens with zero attached hydrogens (tertiary/aromatic N) is 5. The summed E-state index contributed by atoms with van der Waals surface area (Å²) < 4.78 is 26.0. The zero-order valence-electron chi connectivity index (χ0n) is 13.6. The summed E-state index contributed by atoms with van der Waals surface area (Å²) in [6, 6.07) is 6.97. The number of benzene rings is 1. The molecule has 1 heterocycles. The summed E-state index contributed by atoms with van der Waals surface area (Å²) in [7, 11) is -1.66. The van der Waals surface area contributed by atoms with Crippen LogP contribution in [0, 0.1) is 0 Å². The van der Waals surface area contributed by atoms with E-state index in [4.69, 9.17) is 0 Å². The van der Waals surface area contributed by atoms with Crippen LogP contribution in [0.3, 0.4) is 0 Å². The van der Waals surface area contributed by atoms with Gasteiger partial charge in [0, 0.05) is 20.1 Å². The molecule has 1 aromatic carbocycles. The van der Waals surface area contributed by atoms with Crippen molar-refractivity contribution in [2.45, 2.75) is 13.3 Å². The SMILES string of the molecule is CCS(=O)(=O)N(C)CCCNC(=O)c1ccccc1-n1cnnn1. The molecule has 1 aromatic heterocycles. The van der Waals surface area contributed by atoms with Crippen LogP contribution < -0.4 is 5.32 Å². The Hall–Kier alpha value is -2.33. The van der Waals surface area contributed by atoms with Gasteiger partial charge in [0.2, 0.25) is 10.0 Å². The summed E-state index contributed by atoms with van der Waals surface area (Å²) in [4.78, 5) is 12.3. The minimum Gasteiger partial charge on any atom is -0.352 e. The van der Waals surface area contributed by atoms with Crippen LogP contribution in [-0.4, -0.2) is 64.7 Å². The number of hydrogen-bond donors (Lipinski definition) is 1. The van der Waals surface area contributed by atoms with Crippen LogP contribution in [0.4, 0.5) is 0 Å². The van der Waals surface area contributed by atoms with Crippen molar-refractivity contribution in [1.29, 1.82) is 0 Å². The van der Waals surface area contributed by atoms with Gasteiger partial charge in [0.1, 0.15) is 6.33 Å². The first-order valence-electron chi connectivity index (χ1n) is 7.50. The molecule has 0 bridgehead atoms. The molecule has 0 spiro atoms. The van der Waals surface area contributed by atoms with Crippen LogP contribution in [0.15, 0.2) is 30.6 Å². The van der Waals surface area contributed by atoms with E-state index in [0.717, 1.165) is 0 Å². The van der Waals surface area contributed by atoms with Gasteiger partial charge in [-0.25, -0.2) is 12.7 Å². The maximum Gasteiger partial charge on any atom is 0.253 e. The summed E-state index contributed by atoms with van der Waals surface area (Å²) in [5, 5.41) is 13.7. The molecule has 0 radical (unpaired) electrons. The molecule has 0 saturated heterocycles. The number of carbonyl (C=O) groups is 1. The molecule has 1 N–H and O–H groups in total. The number of sulfonamides is 1. The number of rotatable bonds is 8. The Morgan fingerprint density at radius 3 is 2.75 bits per heavy atom. The molecule has 0 atom stereocenters. The van der Waals surface area contributed by atoms with Crippen LogP contribution in [-0.2, 0) is 10.0 Å². The first kappa shape index (κ1) is 18.0. The van der Waals surface area contributed by atoms with Gasteiger partial charge in [-0.15, -0.1) is 5.10 Å². The molecule has 0 fully saturated rings. The Morgan fingerprint density at radius 2 is 2.08 bits per heavy atom. The minimum atomic E-state index is -3.19. The fraction of sp³-hybridized carbons (Fsp3) is 0.429. The number of aromatic nitrogens is 4. The lowest BCUT2D eigenvalue weighted by atomic mass is 10.1. The highest BCUT2D eigenvalue weighted by Crippen LogP contribution is 2.12. The van der Waals surface area contributed by atoms with Crippen molar-refractivity contribution in [2.24, 2.45) is 0 Å². The van der Waals surface area contributed by atoms with E-state index < -0.39 is 10.0 Å². The van der Waals surface area contributed by atoms with Crippen molar-refractivity contribution in [3.8, 4) is 5.69 Å². The lowest BCUT2D eigenvalue weighted by molar-refractivity contribution is 0.0952. The summed E-state index contributed by atoms with van der Waals surface area (Å²) >= 11 is 0. The third-order valence-corrected chi connectivity index (χ3v) is 5.38. The number of tetrazole rings is 1. The van der Waals surface area contributed by atoms with Crippen molar-refractivity contribution in [1.82, 2.24) is 29.8 Å². The average Bonchev–Trinajstić information content (AvgIpc) is 3.12. The van der Waals surface area contributed by atoms with Gasteiger partial charge in [-0.3, -0.25) is 4.79 Å². The van der Waals surface area contributed by atoms with E-state index >= 15 is 0 Å². The van der Waals surface area contributed by atoms with Crippen molar-refractivity contribution in [2.75, 3.05) is 25.9 Å². The highest BCUT2D eigenvalue weighted by Gasteiger charge is 2.15. The lowest BCUT2D eigenvalue weighted by Gasteiger charge is -2.16. The van der Waals surface area contributed by atoms with Crippen LogP contribution in [0.5, 0.6) is 0 Å². The van der Waals surface area contributed by atoms with Crippen LogP contribution in [0.1, 0.15) is 23.7 Å². The molecule has 1 amide bonds. The molecule has 0 unspecified atom stereocenters.